The van der Waals surface area contributed by atoms with Crippen LogP contribution < -0.4 is 10.2 Å². The van der Waals surface area contributed by atoms with Crippen LogP contribution in [0.25, 0.3) is 0 Å². The molecule has 8 heteroatoms. The molecule has 0 spiro atoms. The Morgan fingerprint density at radius 1 is 1.04 bits per heavy atom. The Morgan fingerprint density at radius 2 is 1.80 bits per heavy atom. The fourth-order valence-corrected chi connectivity index (χ4v) is 2.86. The zero-order valence-electron chi connectivity index (χ0n) is 12.8. The lowest BCUT2D eigenvalue weighted by Crippen LogP contribution is -2.40. The predicted octanol–water partition coefficient (Wildman–Crippen LogP) is 4.22. The van der Waals surface area contributed by atoms with Crippen molar-refractivity contribution in [2.24, 2.45) is 9.98 Å². The van der Waals surface area contributed by atoms with Crippen molar-refractivity contribution in [1.82, 2.24) is 0 Å². The van der Waals surface area contributed by atoms with Crippen molar-refractivity contribution in [3.05, 3.63) is 53.8 Å². The SMILES string of the molecule is Fc1cccc2c1N1CCN=C1C(Nc1ccc(C(F)(F)F)cc1)=N2. The molecule has 2 heterocycles. The van der Waals surface area contributed by atoms with E-state index in [1.807, 2.05) is 0 Å². The van der Waals surface area contributed by atoms with E-state index in [0.29, 0.717) is 41.8 Å². The highest BCUT2D eigenvalue weighted by Crippen LogP contribution is 2.37. The first kappa shape index (κ1) is 15.6. The molecule has 1 N–H and O–H groups in total. The zero-order valence-corrected chi connectivity index (χ0v) is 12.8. The van der Waals surface area contributed by atoms with E-state index in [4.69, 9.17) is 0 Å². The lowest BCUT2D eigenvalue weighted by atomic mass is 10.1. The number of anilines is 2. The molecule has 2 aliphatic rings. The van der Waals surface area contributed by atoms with E-state index >= 15 is 0 Å². The summed E-state index contributed by atoms with van der Waals surface area (Å²) >= 11 is 0. The molecule has 0 bridgehead atoms. The summed E-state index contributed by atoms with van der Waals surface area (Å²) in [5.74, 6) is 0.484. The van der Waals surface area contributed by atoms with Crippen molar-refractivity contribution >= 4 is 28.7 Å². The third-order valence-corrected chi connectivity index (χ3v) is 4.00. The lowest BCUT2D eigenvalue weighted by molar-refractivity contribution is -0.137. The van der Waals surface area contributed by atoms with Crippen LogP contribution in [0.5, 0.6) is 0 Å². The monoisotopic (exact) mass is 348 g/mol. The number of benzene rings is 2. The van der Waals surface area contributed by atoms with E-state index in [-0.39, 0.29) is 5.82 Å². The van der Waals surface area contributed by atoms with E-state index in [9.17, 15) is 17.6 Å². The van der Waals surface area contributed by atoms with Gasteiger partial charge in [-0.05, 0) is 36.4 Å². The second-order valence-corrected chi connectivity index (χ2v) is 5.63. The standard InChI is InChI=1S/C17H12F4N4/c18-12-2-1-3-13-14(12)25-9-8-22-16(25)15(24-13)23-11-6-4-10(5-7-11)17(19,20)21/h1-7H,8-9H2,(H,23,24). The molecule has 0 radical (unpaired) electrons. The fourth-order valence-electron chi connectivity index (χ4n) is 2.86. The Bertz CT molecular complexity index is 885. The molecular formula is C17H12F4N4. The average Bonchev–Trinajstić information content (AvgIpc) is 3.04. The lowest BCUT2D eigenvalue weighted by Gasteiger charge is -2.28. The maximum atomic E-state index is 14.1. The number of para-hydroxylation sites is 1. The number of aliphatic imine (C=N–C) groups is 2. The van der Waals surface area contributed by atoms with E-state index < -0.39 is 11.7 Å². The van der Waals surface area contributed by atoms with Gasteiger partial charge in [0.05, 0.1) is 17.8 Å². The van der Waals surface area contributed by atoms with Crippen molar-refractivity contribution in [2.75, 3.05) is 23.3 Å². The van der Waals surface area contributed by atoms with Gasteiger partial charge in [0.1, 0.15) is 11.5 Å². The summed E-state index contributed by atoms with van der Waals surface area (Å²) in [4.78, 5) is 10.4. The molecule has 2 aromatic carbocycles. The normalized spacial score (nSPS) is 16.1. The molecule has 2 aromatic rings. The number of hydrogen-bond acceptors (Lipinski definition) is 4. The van der Waals surface area contributed by atoms with Gasteiger partial charge in [-0.1, -0.05) is 6.07 Å². The number of rotatable bonds is 1. The molecule has 0 atom stereocenters. The Morgan fingerprint density at radius 3 is 2.52 bits per heavy atom. The summed E-state index contributed by atoms with van der Waals surface area (Å²) in [7, 11) is 0. The zero-order chi connectivity index (χ0) is 17.6. The molecule has 4 rings (SSSR count). The number of halogens is 4. The molecule has 25 heavy (non-hydrogen) atoms. The Balaban J connectivity index is 1.68. The van der Waals surface area contributed by atoms with Crippen LogP contribution >= 0.6 is 0 Å². The summed E-state index contributed by atoms with van der Waals surface area (Å²) in [6, 6.07) is 9.24. The highest BCUT2D eigenvalue weighted by molar-refractivity contribution is 6.51. The number of nitrogens with zero attached hydrogens (tertiary/aromatic N) is 3. The molecular weight excluding hydrogens is 336 g/mol. The topological polar surface area (TPSA) is 40.0 Å². The first-order valence-electron chi connectivity index (χ1n) is 7.57. The Labute approximate surface area is 140 Å². The summed E-state index contributed by atoms with van der Waals surface area (Å²) < 4.78 is 52.1. The summed E-state index contributed by atoms with van der Waals surface area (Å²) in [5, 5.41) is 2.98. The summed E-state index contributed by atoms with van der Waals surface area (Å²) in [6.45, 7) is 1.02. The average molecular weight is 348 g/mol. The van der Waals surface area contributed by atoms with Crippen LogP contribution in [0.1, 0.15) is 5.56 Å². The number of hydrogen-bond donors (Lipinski definition) is 1. The third kappa shape index (κ3) is 2.73. The van der Waals surface area contributed by atoms with Crippen LogP contribution in [0.2, 0.25) is 0 Å². The molecule has 0 aliphatic carbocycles. The van der Waals surface area contributed by atoms with Gasteiger partial charge < -0.3 is 10.2 Å². The van der Waals surface area contributed by atoms with Gasteiger partial charge in [0.25, 0.3) is 0 Å². The highest BCUT2D eigenvalue weighted by Gasteiger charge is 2.32. The van der Waals surface area contributed by atoms with Crippen LogP contribution in [0.3, 0.4) is 0 Å². The molecule has 0 saturated carbocycles. The largest absolute Gasteiger partial charge is 0.416 e. The van der Waals surface area contributed by atoms with Crippen molar-refractivity contribution in [3.8, 4) is 0 Å². The van der Waals surface area contributed by atoms with E-state index in [1.54, 1.807) is 17.0 Å². The van der Waals surface area contributed by atoms with Crippen LogP contribution in [0.15, 0.2) is 52.4 Å². The number of amidine groups is 2. The Kier molecular flexibility index (Phi) is 3.48. The second-order valence-electron chi connectivity index (χ2n) is 5.63. The first-order chi connectivity index (χ1) is 11.9. The maximum Gasteiger partial charge on any atom is 0.416 e. The first-order valence-corrected chi connectivity index (χ1v) is 7.57. The molecule has 0 amide bonds. The molecule has 0 aromatic heterocycles. The smallest absolute Gasteiger partial charge is 0.337 e. The predicted molar refractivity (Wildman–Crippen MR) is 88.2 cm³/mol. The Hall–Kier alpha value is -2.90. The van der Waals surface area contributed by atoms with Crippen LogP contribution in [0.4, 0.5) is 34.6 Å². The second kappa shape index (κ2) is 5.58. The van der Waals surface area contributed by atoms with Gasteiger partial charge in [-0.25, -0.2) is 9.38 Å². The molecule has 128 valence electrons. The van der Waals surface area contributed by atoms with Gasteiger partial charge in [-0.2, -0.15) is 13.2 Å². The van der Waals surface area contributed by atoms with Gasteiger partial charge in [0.15, 0.2) is 11.7 Å². The summed E-state index contributed by atoms with van der Waals surface area (Å²) in [5.41, 5.74) is 0.545. The van der Waals surface area contributed by atoms with Gasteiger partial charge in [0, 0.05) is 12.2 Å². The number of fused-ring (bicyclic) bond motifs is 3. The molecule has 0 fully saturated rings. The number of nitrogens with one attached hydrogen (secondary N) is 1. The van der Waals surface area contributed by atoms with Gasteiger partial charge in [-0.15, -0.1) is 0 Å². The molecule has 4 nitrogen and oxygen atoms in total. The summed E-state index contributed by atoms with van der Waals surface area (Å²) in [6.07, 6.45) is -4.39. The maximum absolute atomic E-state index is 14.1. The highest BCUT2D eigenvalue weighted by atomic mass is 19.4. The minimum Gasteiger partial charge on any atom is -0.337 e. The third-order valence-electron chi connectivity index (χ3n) is 4.00. The van der Waals surface area contributed by atoms with Gasteiger partial charge in [0.2, 0.25) is 0 Å². The van der Waals surface area contributed by atoms with Crippen molar-refractivity contribution < 1.29 is 17.6 Å². The molecule has 0 saturated heterocycles. The van der Waals surface area contributed by atoms with Crippen molar-refractivity contribution in [2.45, 2.75) is 6.18 Å². The molecule has 0 unspecified atom stereocenters. The minimum absolute atomic E-state index is 0.372. The quantitative estimate of drug-likeness (QED) is 0.784. The minimum atomic E-state index is -4.39. The number of alkyl halides is 3. The van der Waals surface area contributed by atoms with E-state index in [2.05, 4.69) is 15.3 Å². The van der Waals surface area contributed by atoms with E-state index in [1.165, 1.54) is 18.2 Å². The van der Waals surface area contributed by atoms with Crippen molar-refractivity contribution in [3.63, 3.8) is 0 Å². The fraction of sp³-hybridized carbons (Fsp3) is 0.176. The van der Waals surface area contributed by atoms with E-state index in [0.717, 1.165) is 12.1 Å². The van der Waals surface area contributed by atoms with Crippen LogP contribution in [-0.2, 0) is 6.18 Å². The van der Waals surface area contributed by atoms with Gasteiger partial charge >= 0.3 is 6.18 Å². The molecule has 2 aliphatic heterocycles. The van der Waals surface area contributed by atoms with Crippen LogP contribution in [-0.4, -0.2) is 24.8 Å². The van der Waals surface area contributed by atoms with Crippen molar-refractivity contribution in [1.29, 1.82) is 0 Å². The van der Waals surface area contributed by atoms with Gasteiger partial charge in [-0.3, -0.25) is 4.99 Å². The van der Waals surface area contributed by atoms with Crippen LogP contribution in [0, 0.1) is 5.82 Å².